The molecule has 0 unspecified atom stereocenters. The number of hydrogen-bond acceptors (Lipinski definition) is 11. The van der Waals surface area contributed by atoms with Gasteiger partial charge in [0, 0.05) is 33.5 Å². The summed E-state index contributed by atoms with van der Waals surface area (Å²) < 4.78 is 0. The van der Waals surface area contributed by atoms with Crippen LogP contribution in [0.25, 0.3) is 0 Å². The average Bonchev–Trinajstić information content (AvgIpc) is 3.90. The van der Waals surface area contributed by atoms with Gasteiger partial charge in [-0.3, -0.25) is 58.8 Å². The Morgan fingerprint density at radius 2 is 1.10 bits per heavy atom. The summed E-state index contributed by atoms with van der Waals surface area (Å²) in [6.45, 7) is 18.7. The molecule has 2 aromatic rings. The number of likely N-dealkylation sites (tertiary alicyclic amines) is 1. The Morgan fingerprint density at radius 3 is 1.62 bits per heavy atom. The molecule has 1 saturated heterocycles. The summed E-state index contributed by atoms with van der Waals surface area (Å²) in [5.41, 5.74) is 13.1. The lowest BCUT2D eigenvalue weighted by Gasteiger charge is -2.31. The molecular formula is C58H91N11O10. The Kier molecular flexibility index (Phi) is 28.7. The lowest BCUT2D eigenvalue weighted by atomic mass is 9.98. The van der Waals surface area contributed by atoms with Gasteiger partial charge in [0.25, 0.3) is 5.91 Å². The predicted molar refractivity (Wildman–Crippen MR) is 301 cm³/mol. The van der Waals surface area contributed by atoms with E-state index in [1.165, 1.54) is 23.6 Å². The number of hydrazine groups is 1. The normalized spacial score (nSPS) is 15.1. The molecule has 6 atom stereocenters. The second-order valence-corrected chi connectivity index (χ2v) is 22.5. The van der Waals surface area contributed by atoms with Crippen LogP contribution in [0.3, 0.4) is 0 Å². The maximum Gasteiger partial charge on any atom is 0.260 e. The largest absolute Gasteiger partial charge is 0.352 e. The number of nitrogens with two attached hydrogens (primary N) is 1. The minimum atomic E-state index is -1.19. The Bertz CT molecular complexity index is 2330. The fourth-order valence-corrected chi connectivity index (χ4v) is 9.32. The summed E-state index contributed by atoms with van der Waals surface area (Å²) >= 11 is 0. The number of amides is 10. The Labute approximate surface area is 467 Å². The third kappa shape index (κ3) is 24.8. The number of benzene rings is 2. The lowest BCUT2D eigenvalue weighted by Crippen LogP contribution is -2.60. The summed E-state index contributed by atoms with van der Waals surface area (Å²) in [7, 11) is 0. The first kappa shape index (κ1) is 66.4. The third-order valence-electron chi connectivity index (χ3n) is 13.3. The van der Waals surface area contributed by atoms with Crippen molar-refractivity contribution in [2.24, 2.45) is 29.4 Å². The van der Waals surface area contributed by atoms with Gasteiger partial charge in [-0.25, -0.2) is 0 Å². The van der Waals surface area contributed by atoms with E-state index in [2.05, 4.69) is 42.8 Å². The van der Waals surface area contributed by atoms with Gasteiger partial charge in [0.2, 0.25) is 53.2 Å². The molecule has 438 valence electrons. The van der Waals surface area contributed by atoms with Crippen molar-refractivity contribution in [1.29, 1.82) is 0 Å². The maximum absolute atomic E-state index is 14.5. The minimum absolute atomic E-state index is 0.0285. The van der Waals surface area contributed by atoms with Crippen molar-refractivity contribution < 1.29 is 47.9 Å². The number of carbonyl (C=O) groups is 10. The molecule has 10 amide bonds. The molecule has 0 spiro atoms. The number of aryl methyl sites for hydroxylation is 1. The second kappa shape index (κ2) is 34.2. The van der Waals surface area contributed by atoms with Crippen LogP contribution in [0, 0.1) is 23.7 Å². The Balaban J connectivity index is 1.83. The number of rotatable bonds is 32. The maximum atomic E-state index is 14.5. The topological polar surface area (TPSA) is 299 Å². The van der Waals surface area contributed by atoms with E-state index in [0.717, 1.165) is 11.1 Å². The molecule has 21 nitrogen and oxygen atoms in total. The molecule has 1 fully saturated rings. The first-order chi connectivity index (χ1) is 37.4. The molecule has 0 saturated carbocycles. The molecule has 21 heteroatoms. The number of carbonyl (C=O) groups excluding carboxylic acids is 10. The minimum Gasteiger partial charge on any atom is -0.352 e. The average molecular weight is 1100 g/mol. The fourth-order valence-electron chi connectivity index (χ4n) is 9.32. The Morgan fingerprint density at radius 1 is 0.582 bits per heavy atom. The summed E-state index contributed by atoms with van der Waals surface area (Å²) in [6.07, 6.45) is 3.34. The molecule has 2 aromatic carbocycles. The molecule has 3 rings (SSSR count). The van der Waals surface area contributed by atoms with Crippen LogP contribution < -0.4 is 48.5 Å². The monoisotopic (exact) mass is 1100 g/mol. The SMILES string of the molecule is CC(=O)NCc1ccc(CC(=O)NNC(=O)[C@@H](CC(C)C)NC(=O)[C@H](CC(C)C)NC(=O)[C@H](CC(C)C)NC(=O)[C@H](CCc2ccccc2)NC(=O)CN(CCCCN)C(=O)[C@H](CC(C)C)NC(=O)[C@@H]2CCCN2C(C)=O)cc1. The predicted octanol–water partition coefficient (Wildman–Crippen LogP) is 2.83. The zero-order chi connectivity index (χ0) is 58.8. The van der Waals surface area contributed by atoms with Gasteiger partial charge in [-0.1, -0.05) is 110 Å². The number of unbranched alkanes of at least 4 members (excludes halogenated alkanes) is 1. The molecule has 0 bridgehead atoms. The zero-order valence-corrected chi connectivity index (χ0v) is 48.3. The van der Waals surface area contributed by atoms with Gasteiger partial charge in [-0.15, -0.1) is 0 Å². The molecule has 1 aliphatic rings. The highest BCUT2D eigenvalue weighted by atomic mass is 16.2. The standard InChI is InChI=1S/C58H91N11O10/c1-36(2)29-46(54(75)63-47(30-37(3)4)55(76)64-48(31-38(5)6)56(77)67-66-51(72)33-43-20-22-44(23-21-43)34-60-40(9)70)62-53(74)45(25-24-42-17-12-11-13-18-42)61-52(73)35-68(27-15-14-26-59)58(79)49(32-39(7)8)65-57(78)50-19-16-28-69(50)41(10)71/h11-13,17-18,20-23,36-39,45-50H,14-16,19,24-35,59H2,1-10H3,(H,60,70)(H,61,73)(H,62,74)(H,63,75)(H,64,76)(H,65,78)(H,66,72)(H,67,77)/t45-,46-,47-,48+,49-,50-/m0/s1. The van der Waals surface area contributed by atoms with E-state index in [-0.39, 0.29) is 80.6 Å². The summed E-state index contributed by atoms with van der Waals surface area (Å²) in [6, 6.07) is 10.1. The number of nitrogens with zero attached hydrogens (tertiary/aromatic N) is 2. The van der Waals surface area contributed by atoms with Crippen LogP contribution in [0.15, 0.2) is 54.6 Å². The van der Waals surface area contributed by atoms with E-state index < -0.39 is 90.1 Å². The van der Waals surface area contributed by atoms with Gasteiger partial charge in [0.05, 0.1) is 13.0 Å². The first-order valence-corrected chi connectivity index (χ1v) is 28.1. The van der Waals surface area contributed by atoms with Crippen LogP contribution in [0.1, 0.15) is 144 Å². The van der Waals surface area contributed by atoms with Crippen molar-refractivity contribution in [3.05, 3.63) is 71.3 Å². The highest BCUT2D eigenvalue weighted by Crippen LogP contribution is 2.20. The van der Waals surface area contributed by atoms with Crippen molar-refractivity contribution in [3.8, 4) is 0 Å². The number of nitrogens with one attached hydrogen (secondary N) is 8. The van der Waals surface area contributed by atoms with Gasteiger partial charge in [0.1, 0.15) is 36.3 Å². The molecule has 10 N–H and O–H groups in total. The second-order valence-electron chi connectivity index (χ2n) is 22.5. The van der Waals surface area contributed by atoms with Crippen molar-refractivity contribution in [2.45, 2.75) is 183 Å². The van der Waals surface area contributed by atoms with Crippen molar-refractivity contribution in [1.82, 2.24) is 52.6 Å². The van der Waals surface area contributed by atoms with E-state index in [1.807, 2.05) is 85.7 Å². The van der Waals surface area contributed by atoms with Crippen LogP contribution in [-0.2, 0) is 67.3 Å². The zero-order valence-electron chi connectivity index (χ0n) is 48.3. The van der Waals surface area contributed by atoms with E-state index >= 15 is 0 Å². The molecule has 0 aromatic heterocycles. The van der Waals surface area contributed by atoms with Crippen molar-refractivity contribution >= 4 is 59.1 Å². The summed E-state index contributed by atoms with van der Waals surface area (Å²) in [4.78, 5) is 138. The highest BCUT2D eigenvalue weighted by molar-refractivity contribution is 5.97. The smallest absolute Gasteiger partial charge is 0.260 e. The van der Waals surface area contributed by atoms with Crippen LogP contribution in [0.4, 0.5) is 0 Å². The summed E-state index contributed by atoms with van der Waals surface area (Å²) in [5, 5.41) is 16.9. The first-order valence-electron chi connectivity index (χ1n) is 28.1. The molecule has 1 heterocycles. The van der Waals surface area contributed by atoms with Crippen LogP contribution in [-0.4, -0.2) is 131 Å². The van der Waals surface area contributed by atoms with E-state index in [4.69, 9.17) is 5.73 Å². The number of hydrogen-bond donors (Lipinski definition) is 9. The van der Waals surface area contributed by atoms with Gasteiger partial charge < -0.3 is 47.4 Å². The van der Waals surface area contributed by atoms with Crippen LogP contribution in [0.5, 0.6) is 0 Å². The van der Waals surface area contributed by atoms with E-state index in [1.54, 1.807) is 24.3 Å². The van der Waals surface area contributed by atoms with Crippen molar-refractivity contribution in [3.63, 3.8) is 0 Å². The van der Waals surface area contributed by atoms with Gasteiger partial charge in [0.15, 0.2) is 0 Å². The van der Waals surface area contributed by atoms with Crippen LogP contribution in [0.2, 0.25) is 0 Å². The molecule has 0 radical (unpaired) electrons. The fraction of sp³-hybridized carbons (Fsp3) is 0.621. The van der Waals surface area contributed by atoms with Gasteiger partial charge in [-0.05, 0) is 111 Å². The summed E-state index contributed by atoms with van der Waals surface area (Å²) in [5.74, 6) is -5.44. The Hall–Kier alpha value is -6.90. The van der Waals surface area contributed by atoms with E-state index in [9.17, 15) is 47.9 Å². The van der Waals surface area contributed by atoms with E-state index in [0.29, 0.717) is 57.3 Å². The lowest BCUT2D eigenvalue weighted by molar-refractivity contribution is -0.142. The quantitative estimate of drug-likeness (QED) is 0.0379. The molecule has 79 heavy (non-hydrogen) atoms. The molecule has 0 aliphatic carbocycles. The van der Waals surface area contributed by atoms with Crippen molar-refractivity contribution in [2.75, 3.05) is 26.2 Å². The van der Waals surface area contributed by atoms with Crippen LogP contribution >= 0.6 is 0 Å². The molecule has 1 aliphatic heterocycles. The highest BCUT2D eigenvalue weighted by Gasteiger charge is 2.37. The molecular weight excluding hydrogens is 1010 g/mol. The van der Waals surface area contributed by atoms with Gasteiger partial charge in [-0.2, -0.15) is 0 Å². The third-order valence-corrected chi connectivity index (χ3v) is 13.3. The van der Waals surface area contributed by atoms with Gasteiger partial charge >= 0.3 is 0 Å².